The summed E-state index contributed by atoms with van der Waals surface area (Å²) in [6.07, 6.45) is 2.48. The van der Waals surface area contributed by atoms with Gasteiger partial charge in [0, 0.05) is 13.5 Å². The van der Waals surface area contributed by atoms with Crippen molar-refractivity contribution in [1.29, 1.82) is 0 Å². The normalized spacial score (nSPS) is 12.5. The zero-order chi connectivity index (χ0) is 10.1. The molecule has 5 heteroatoms. The van der Waals surface area contributed by atoms with E-state index in [0.717, 1.165) is 0 Å². The number of hydrogen-bond acceptors (Lipinski definition) is 5. The van der Waals surface area contributed by atoms with E-state index in [1.807, 2.05) is 6.26 Å². The minimum absolute atomic E-state index is 0.241. The number of carbonyl (C=O) groups is 1. The number of thioether (sulfide) groups is 1. The van der Waals surface area contributed by atoms with Gasteiger partial charge in [0.2, 0.25) is 0 Å². The average Bonchev–Trinajstić information content (AvgIpc) is 2.17. The van der Waals surface area contributed by atoms with Crippen LogP contribution in [0.4, 0.5) is 0 Å². The van der Waals surface area contributed by atoms with Gasteiger partial charge in [0.05, 0.1) is 19.5 Å². The Morgan fingerprint density at radius 3 is 2.62 bits per heavy atom. The first-order chi connectivity index (χ1) is 6.24. The smallest absolute Gasteiger partial charge is 0.305 e. The van der Waals surface area contributed by atoms with Crippen molar-refractivity contribution in [2.75, 3.05) is 26.4 Å². The zero-order valence-corrected chi connectivity index (χ0v) is 9.06. The highest BCUT2D eigenvalue weighted by atomic mass is 32.2. The highest BCUT2D eigenvalue weighted by molar-refractivity contribution is 7.98. The third kappa shape index (κ3) is 6.86. The molecule has 0 radical (unpaired) electrons. The van der Waals surface area contributed by atoms with Gasteiger partial charge in [-0.25, -0.2) is 0 Å². The van der Waals surface area contributed by atoms with Gasteiger partial charge < -0.3 is 14.2 Å². The molecule has 0 rings (SSSR count). The van der Waals surface area contributed by atoms with Crippen LogP contribution in [0.1, 0.15) is 12.8 Å². The molecule has 4 nitrogen and oxygen atoms in total. The van der Waals surface area contributed by atoms with Crippen LogP contribution in [0, 0.1) is 0 Å². The average molecular weight is 208 g/mol. The molecule has 0 amide bonds. The molecule has 0 saturated heterocycles. The number of rotatable bonds is 7. The van der Waals surface area contributed by atoms with Gasteiger partial charge in [0.15, 0.2) is 6.29 Å². The molecule has 0 aromatic carbocycles. The van der Waals surface area contributed by atoms with Gasteiger partial charge in [-0.1, -0.05) is 0 Å². The summed E-state index contributed by atoms with van der Waals surface area (Å²) in [7, 11) is 2.93. The predicted octanol–water partition coefficient (Wildman–Crippen LogP) is 1.25. The molecule has 78 valence electrons. The van der Waals surface area contributed by atoms with Crippen LogP contribution in [0.2, 0.25) is 0 Å². The fraction of sp³-hybridized carbons (Fsp3) is 0.875. The fourth-order valence-electron chi connectivity index (χ4n) is 0.751. The topological polar surface area (TPSA) is 44.8 Å². The molecule has 0 spiro atoms. The first kappa shape index (κ1) is 12.7. The Kier molecular flexibility index (Phi) is 8.18. The van der Waals surface area contributed by atoms with E-state index in [4.69, 9.17) is 9.47 Å². The second kappa shape index (κ2) is 8.34. The monoisotopic (exact) mass is 208 g/mol. The summed E-state index contributed by atoms with van der Waals surface area (Å²) in [6.45, 7) is 0. The van der Waals surface area contributed by atoms with Gasteiger partial charge in [-0.3, -0.25) is 4.79 Å². The lowest BCUT2D eigenvalue weighted by molar-refractivity contribution is -0.146. The summed E-state index contributed by atoms with van der Waals surface area (Å²) in [5.41, 5.74) is 0. The number of ether oxygens (including phenoxy) is 3. The van der Waals surface area contributed by atoms with Crippen LogP contribution in [-0.2, 0) is 19.0 Å². The first-order valence-electron chi connectivity index (χ1n) is 3.94. The Hall–Kier alpha value is -0.260. The molecule has 0 bridgehead atoms. The van der Waals surface area contributed by atoms with E-state index < -0.39 is 0 Å². The van der Waals surface area contributed by atoms with Crippen LogP contribution in [0.3, 0.4) is 0 Å². The number of hydrogen-bond donors (Lipinski definition) is 0. The van der Waals surface area contributed by atoms with Gasteiger partial charge >= 0.3 is 5.97 Å². The lowest BCUT2D eigenvalue weighted by Crippen LogP contribution is -2.17. The van der Waals surface area contributed by atoms with Crippen molar-refractivity contribution in [2.24, 2.45) is 0 Å². The van der Waals surface area contributed by atoms with E-state index in [0.29, 0.717) is 18.8 Å². The van der Waals surface area contributed by atoms with Crippen molar-refractivity contribution in [3.05, 3.63) is 0 Å². The quantitative estimate of drug-likeness (QED) is 0.465. The van der Waals surface area contributed by atoms with E-state index in [1.165, 1.54) is 7.11 Å². The first-order valence-corrected chi connectivity index (χ1v) is 5.34. The SMILES string of the molecule is COC(=O)CCC(OC)OCSC. The van der Waals surface area contributed by atoms with Crippen LogP contribution in [0.25, 0.3) is 0 Å². The lowest BCUT2D eigenvalue weighted by Gasteiger charge is -2.14. The van der Waals surface area contributed by atoms with Crippen LogP contribution >= 0.6 is 11.8 Å². The molecular formula is C8H16O4S. The summed E-state index contributed by atoms with van der Waals surface area (Å²) in [5.74, 6) is 0.328. The number of esters is 1. The fourth-order valence-corrected chi connectivity index (χ4v) is 1.04. The number of methoxy groups -OCH3 is 2. The Labute approximate surface area is 82.9 Å². The van der Waals surface area contributed by atoms with Crippen LogP contribution in [0.5, 0.6) is 0 Å². The van der Waals surface area contributed by atoms with Crippen molar-refractivity contribution in [3.8, 4) is 0 Å². The van der Waals surface area contributed by atoms with Crippen molar-refractivity contribution in [2.45, 2.75) is 19.1 Å². The number of carbonyl (C=O) groups excluding carboxylic acids is 1. The largest absolute Gasteiger partial charge is 0.469 e. The summed E-state index contributed by atoms with van der Waals surface area (Å²) in [5, 5.41) is 0. The molecular weight excluding hydrogens is 192 g/mol. The maximum absolute atomic E-state index is 10.8. The van der Waals surface area contributed by atoms with E-state index >= 15 is 0 Å². The maximum atomic E-state index is 10.8. The van der Waals surface area contributed by atoms with Gasteiger partial charge in [0.25, 0.3) is 0 Å². The summed E-state index contributed by atoms with van der Waals surface area (Å²) < 4.78 is 14.8. The third-order valence-corrected chi connectivity index (χ3v) is 1.82. The molecule has 0 heterocycles. The molecule has 0 fully saturated rings. The highest BCUT2D eigenvalue weighted by Crippen LogP contribution is 2.06. The van der Waals surface area contributed by atoms with Crippen LogP contribution < -0.4 is 0 Å². The molecule has 0 aliphatic heterocycles. The van der Waals surface area contributed by atoms with Gasteiger partial charge in [0.1, 0.15) is 0 Å². The maximum Gasteiger partial charge on any atom is 0.305 e. The molecule has 1 unspecified atom stereocenters. The van der Waals surface area contributed by atoms with Gasteiger partial charge in [-0.15, -0.1) is 11.8 Å². The standard InChI is InChI=1S/C8H16O4S/c1-10-7(9)4-5-8(11-2)12-6-13-3/h8H,4-6H2,1-3H3. The third-order valence-electron chi connectivity index (χ3n) is 1.45. The molecule has 0 aromatic heterocycles. The van der Waals surface area contributed by atoms with Gasteiger partial charge in [-0.2, -0.15) is 0 Å². The second-order valence-corrected chi connectivity index (χ2v) is 3.17. The van der Waals surface area contributed by atoms with Crippen LogP contribution in [0.15, 0.2) is 0 Å². The van der Waals surface area contributed by atoms with E-state index in [1.54, 1.807) is 18.9 Å². The lowest BCUT2D eigenvalue weighted by atomic mass is 10.3. The Balaban J connectivity index is 3.52. The minimum atomic E-state index is -0.313. The predicted molar refractivity (Wildman–Crippen MR) is 51.5 cm³/mol. The minimum Gasteiger partial charge on any atom is -0.469 e. The Morgan fingerprint density at radius 2 is 2.15 bits per heavy atom. The van der Waals surface area contributed by atoms with E-state index in [2.05, 4.69) is 4.74 Å². The van der Waals surface area contributed by atoms with Gasteiger partial charge in [-0.05, 0) is 6.26 Å². The molecule has 0 aromatic rings. The van der Waals surface area contributed by atoms with Crippen LogP contribution in [-0.4, -0.2) is 38.7 Å². The van der Waals surface area contributed by atoms with E-state index in [9.17, 15) is 4.79 Å². The Bertz CT molecular complexity index is 140. The molecule has 0 aliphatic carbocycles. The van der Waals surface area contributed by atoms with E-state index in [-0.39, 0.29) is 12.3 Å². The Morgan fingerprint density at radius 1 is 1.46 bits per heavy atom. The van der Waals surface area contributed by atoms with Crippen molar-refractivity contribution >= 4 is 17.7 Å². The molecule has 13 heavy (non-hydrogen) atoms. The highest BCUT2D eigenvalue weighted by Gasteiger charge is 2.10. The second-order valence-electron chi connectivity index (χ2n) is 2.35. The van der Waals surface area contributed by atoms with Crippen molar-refractivity contribution < 1.29 is 19.0 Å². The van der Waals surface area contributed by atoms with Crippen molar-refractivity contribution in [1.82, 2.24) is 0 Å². The molecule has 0 aliphatic rings. The summed E-state index contributed by atoms with van der Waals surface area (Å²) in [4.78, 5) is 10.8. The van der Waals surface area contributed by atoms with Crippen molar-refractivity contribution in [3.63, 3.8) is 0 Å². The molecule has 0 N–H and O–H groups in total. The zero-order valence-electron chi connectivity index (χ0n) is 8.24. The summed E-state index contributed by atoms with van der Waals surface area (Å²) in [6, 6.07) is 0. The summed E-state index contributed by atoms with van der Waals surface area (Å²) >= 11 is 1.57. The molecule has 0 saturated carbocycles. The molecule has 1 atom stereocenters.